The first-order valence-corrected chi connectivity index (χ1v) is 3.98. The van der Waals surface area contributed by atoms with E-state index in [-0.39, 0.29) is 12.6 Å². The van der Waals surface area contributed by atoms with E-state index in [9.17, 15) is 4.79 Å². The molecule has 0 atom stereocenters. The van der Waals surface area contributed by atoms with Crippen molar-refractivity contribution in [1.29, 1.82) is 0 Å². The molecule has 0 saturated carbocycles. The molecule has 0 saturated heterocycles. The fourth-order valence-corrected chi connectivity index (χ4v) is 0.475. The largest absolute Gasteiger partial charge is 0.462 e. The fourth-order valence-electron chi connectivity index (χ4n) is 0.475. The Bertz CT molecular complexity index is 383. The van der Waals surface area contributed by atoms with Gasteiger partial charge < -0.3 is 4.74 Å². The Morgan fingerprint density at radius 2 is 2.00 bits per heavy atom. The van der Waals surface area contributed by atoms with Crippen LogP contribution in [0.3, 0.4) is 0 Å². The Morgan fingerprint density at radius 1 is 1.29 bits per heavy atom. The SMILES string of the molecule is CC#CC#CC#C/C=C/COC(C)=O. The molecule has 2 heteroatoms. The van der Waals surface area contributed by atoms with Gasteiger partial charge in [0.25, 0.3) is 0 Å². The van der Waals surface area contributed by atoms with Gasteiger partial charge in [-0.2, -0.15) is 0 Å². The summed E-state index contributed by atoms with van der Waals surface area (Å²) >= 11 is 0. The summed E-state index contributed by atoms with van der Waals surface area (Å²) in [5, 5.41) is 0. The van der Waals surface area contributed by atoms with Gasteiger partial charge in [0.1, 0.15) is 6.61 Å². The molecular weight excluding hydrogens is 176 g/mol. The molecule has 0 aromatic rings. The summed E-state index contributed by atoms with van der Waals surface area (Å²) in [6.45, 7) is 3.31. The van der Waals surface area contributed by atoms with E-state index in [2.05, 4.69) is 40.3 Å². The number of hydrogen-bond donors (Lipinski definition) is 0. The molecule has 0 unspecified atom stereocenters. The summed E-state index contributed by atoms with van der Waals surface area (Å²) in [5.74, 6) is 15.2. The quantitative estimate of drug-likeness (QED) is 0.477. The van der Waals surface area contributed by atoms with Gasteiger partial charge in [0.15, 0.2) is 0 Å². The first kappa shape index (κ1) is 11.9. The number of hydrogen-bond acceptors (Lipinski definition) is 2. The lowest BCUT2D eigenvalue weighted by Crippen LogP contribution is -1.96. The van der Waals surface area contributed by atoms with E-state index in [1.165, 1.54) is 6.92 Å². The molecule has 0 rings (SSSR count). The summed E-state index contributed by atoms with van der Waals surface area (Å²) < 4.78 is 4.64. The monoisotopic (exact) mass is 186 g/mol. The summed E-state index contributed by atoms with van der Waals surface area (Å²) in [4.78, 5) is 10.3. The fraction of sp³-hybridized carbons (Fsp3) is 0.250. The molecule has 0 bridgehead atoms. The Labute approximate surface area is 84.3 Å². The van der Waals surface area contributed by atoms with Gasteiger partial charge in [-0.1, -0.05) is 11.8 Å². The van der Waals surface area contributed by atoms with E-state index in [4.69, 9.17) is 0 Å². The molecule has 70 valence electrons. The first-order valence-electron chi connectivity index (χ1n) is 3.98. The van der Waals surface area contributed by atoms with Crippen LogP contribution in [0.2, 0.25) is 0 Å². The van der Waals surface area contributed by atoms with Crippen LogP contribution in [0.1, 0.15) is 13.8 Å². The van der Waals surface area contributed by atoms with E-state index < -0.39 is 0 Å². The van der Waals surface area contributed by atoms with Crippen LogP contribution in [0.4, 0.5) is 0 Å². The van der Waals surface area contributed by atoms with Crippen LogP contribution in [0.25, 0.3) is 0 Å². The van der Waals surface area contributed by atoms with Gasteiger partial charge in [-0.25, -0.2) is 0 Å². The van der Waals surface area contributed by atoms with Gasteiger partial charge in [0.05, 0.1) is 0 Å². The van der Waals surface area contributed by atoms with E-state index in [0.717, 1.165) is 0 Å². The van der Waals surface area contributed by atoms with Crippen molar-refractivity contribution >= 4 is 5.97 Å². The Hall–Kier alpha value is -2.11. The van der Waals surface area contributed by atoms with Crippen LogP contribution in [0.5, 0.6) is 0 Å². The van der Waals surface area contributed by atoms with Gasteiger partial charge in [-0.3, -0.25) is 4.79 Å². The normalized spacial score (nSPS) is 7.29. The third-order valence-corrected chi connectivity index (χ3v) is 0.969. The average molecular weight is 186 g/mol. The molecule has 2 nitrogen and oxygen atoms in total. The second-order valence-corrected chi connectivity index (χ2v) is 2.10. The highest BCUT2D eigenvalue weighted by atomic mass is 16.5. The van der Waals surface area contributed by atoms with Crippen LogP contribution in [0.15, 0.2) is 12.2 Å². The van der Waals surface area contributed by atoms with Gasteiger partial charge in [-0.05, 0) is 42.8 Å². The molecule has 0 amide bonds. The van der Waals surface area contributed by atoms with Crippen LogP contribution < -0.4 is 0 Å². The zero-order valence-corrected chi connectivity index (χ0v) is 8.18. The molecule has 0 spiro atoms. The molecule has 0 aromatic heterocycles. The minimum Gasteiger partial charge on any atom is -0.462 e. The van der Waals surface area contributed by atoms with Gasteiger partial charge >= 0.3 is 5.97 Å². The van der Waals surface area contributed by atoms with Gasteiger partial charge in [0.2, 0.25) is 0 Å². The molecule has 0 aromatic carbocycles. The molecule has 0 radical (unpaired) electrons. The zero-order valence-electron chi connectivity index (χ0n) is 8.18. The predicted molar refractivity (Wildman–Crippen MR) is 54.8 cm³/mol. The first-order chi connectivity index (χ1) is 6.77. The molecule has 14 heavy (non-hydrogen) atoms. The Morgan fingerprint density at radius 3 is 2.64 bits per heavy atom. The topological polar surface area (TPSA) is 26.3 Å². The van der Waals surface area contributed by atoms with E-state index >= 15 is 0 Å². The summed E-state index contributed by atoms with van der Waals surface area (Å²) in [6.07, 6.45) is 3.22. The lowest BCUT2D eigenvalue weighted by atomic mass is 10.4. The number of ether oxygens (including phenoxy) is 1. The highest BCUT2D eigenvalue weighted by Crippen LogP contribution is 1.77. The Kier molecular flexibility index (Phi) is 7.63. The third kappa shape index (κ3) is 9.89. The standard InChI is InChI=1S/C12H10O2/c1-3-4-5-6-7-8-9-10-11-14-12(2)13/h9-10H,11H2,1-2H3/b10-9+. The van der Waals surface area contributed by atoms with Crippen molar-refractivity contribution < 1.29 is 9.53 Å². The summed E-state index contributed by atoms with van der Waals surface area (Å²) in [7, 11) is 0. The maximum Gasteiger partial charge on any atom is 0.302 e. The van der Waals surface area contributed by atoms with Crippen LogP contribution in [0, 0.1) is 35.5 Å². The highest BCUT2D eigenvalue weighted by Gasteiger charge is 1.84. The molecule has 0 aliphatic heterocycles. The van der Waals surface area contributed by atoms with Crippen molar-refractivity contribution in [2.75, 3.05) is 6.61 Å². The maximum absolute atomic E-state index is 10.3. The number of carbonyl (C=O) groups is 1. The van der Waals surface area contributed by atoms with E-state index in [1.807, 2.05) is 0 Å². The lowest BCUT2D eigenvalue weighted by Gasteiger charge is -1.91. The molecular formula is C12H10O2. The minimum absolute atomic E-state index is 0.242. The molecule has 0 fully saturated rings. The van der Waals surface area contributed by atoms with Crippen molar-refractivity contribution in [3.63, 3.8) is 0 Å². The van der Waals surface area contributed by atoms with Crippen LogP contribution >= 0.6 is 0 Å². The second kappa shape index (κ2) is 8.98. The van der Waals surface area contributed by atoms with Crippen molar-refractivity contribution in [2.45, 2.75) is 13.8 Å². The zero-order chi connectivity index (χ0) is 10.6. The van der Waals surface area contributed by atoms with E-state index in [0.29, 0.717) is 0 Å². The van der Waals surface area contributed by atoms with Crippen molar-refractivity contribution in [3.8, 4) is 35.5 Å². The maximum atomic E-state index is 10.3. The van der Waals surface area contributed by atoms with Crippen molar-refractivity contribution in [2.24, 2.45) is 0 Å². The summed E-state index contributed by atoms with van der Waals surface area (Å²) in [6, 6.07) is 0. The Balaban J connectivity index is 3.75. The number of rotatable bonds is 2. The average Bonchev–Trinajstić information content (AvgIpc) is 2.15. The number of esters is 1. The summed E-state index contributed by atoms with van der Waals surface area (Å²) in [5.41, 5.74) is 0. The van der Waals surface area contributed by atoms with Crippen LogP contribution in [-0.2, 0) is 9.53 Å². The predicted octanol–water partition coefficient (Wildman–Crippen LogP) is 1.14. The van der Waals surface area contributed by atoms with Crippen LogP contribution in [-0.4, -0.2) is 12.6 Å². The minimum atomic E-state index is -0.305. The molecule has 0 aliphatic rings. The number of allylic oxidation sites excluding steroid dienone is 1. The van der Waals surface area contributed by atoms with E-state index in [1.54, 1.807) is 19.1 Å². The van der Waals surface area contributed by atoms with Gasteiger partial charge in [-0.15, -0.1) is 0 Å². The van der Waals surface area contributed by atoms with Crippen molar-refractivity contribution in [1.82, 2.24) is 0 Å². The third-order valence-electron chi connectivity index (χ3n) is 0.969. The van der Waals surface area contributed by atoms with Gasteiger partial charge in [0, 0.05) is 6.92 Å². The smallest absolute Gasteiger partial charge is 0.302 e. The highest BCUT2D eigenvalue weighted by molar-refractivity contribution is 5.66. The molecule has 0 aliphatic carbocycles. The van der Waals surface area contributed by atoms with Crippen molar-refractivity contribution in [3.05, 3.63) is 12.2 Å². The second-order valence-electron chi connectivity index (χ2n) is 2.10. The molecule has 0 heterocycles. The number of carbonyl (C=O) groups excluding carboxylic acids is 1. The lowest BCUT2D eigenvalue weighted by molar-refractivity contribution is -0.139. The molecule has 0 N–H and O–H groups in total.